The number of carbonyl (C=O) groups is 8. The predicted octanol–water partition coefficient (Wildman–Crippen LogP) is 6.68. The van der Waals surface area contributed by atoms with E-state index in [9.17, 15) is 38.4 Å². The molecule has 25 heteroatoms. The first kappa shape index (κ1) is 76.7. The van der Waals surface area contributed by atoms with E-state index in [2.05, 4.69) is 72.6 Å². The number of alkyl carbamates (subject to hydrolysis) is 2. The molecule has 0 saturated carbocycles. The standard InChI is InChI=1S/C26H30N2O6.C20H21NO4.C6H12N2O3.CH4.S3.4H2S/c1-15(2)24(22(29)12-16(3)25(32)27-13-23(30)31)28-26(33)34-14-21-19-10-6-4-8-17(19)18-9-5-7-11-20(18)21;1-12(2)18(19(22)23)21-20(24)25-11-17-15-9-5-3-7-13(15)14-8-4-6-10-16(14)17;1-4(7)6(10)8-3-5(9)11-2;;1-3-2;;;;/h4-11,15-16,21,24H,12-14H2,1-3H3,(H,27,32)(H,28,33)(H,30,31);3-10,12,17-18H,11H2,1-2H3,(H,21,24)(H,22,23);4H,3,7H2,1-2H3,(H,8,10);1H4;;4*1H2/t16-,24+;18-;4-;;;;;;/m100....../s1. The van der Waals surface area contributed by atoms with Crippen LogP contribution in [0.3, 0.4) is 0 Å². The fourth-order valence-corrected chi connectivity index (χ4v) is 7.92. The Hall–Kier alpha value is -5.54. The summed E-state index contributed by atoms with van der Waals surface area (Å²) in [5.41, 5.74) is 14.2. The number of carboxylic acid groups (broad SMARTS) is 2. The summed E-state index contributed by atoms with van der Waals surface area (Å²) >= 11 is 8.25. The second kappa shape index (κ2) is 38.9. The van der Waals surface area contributed by atoms with E-state index in [0.717, 1.165) is 53.4 Å². The zero-order valence-electron chi connectivity index (χ0n) is 43.6. The summed E-state index contributed by atoms with van der Waals surface area (Å²) < 4.78 is 15.2. The summed E-state index contributed by atoms with van der Waals surface area (Å²) in [7, 11) is 2.17. The van der Waals surface area contributed by atoms with Gasteiger partial charge in [0.1, 0.15) is 32.3 Å². The third-order valence-electron chi connectivity index (χ3n) is 11.6. The first-order valence-corrected chi connectivity index (χ1v) is 25.8. The van der Waals surface area contributed by atoms with Crippen molar-refractivity contribution < 1.29 is 62.8 Å². The Bertz CT molecular complexity index is 2550. The number of hydrogen-bond acceptors (Lipinski definition) is 14. The normalized spacial score (nSPS) is 12.4. The van der Waals surface area contributed by atoms with Crippen molar-refractivity contribution in [2.75, 3.05) is 33.4 Å². The minimum Gasteiger partial charge on any atom is -0.480 e. The van der Waals surface area contributed by atoms with E-state index in [-0.39, 0.29) is 123 Å². The Labute approximate surface area is 497 Å². The van der Waals surface area contributed by atoms with Crippen LogP contribution in [-0.4, -0.2) is 109 Å². The van der Waals surface area contributed by atoms with Gasteiger partial charge in [0.05, 0.1) is 19.2 Å². The topological polar surface area (TPSA) is 279 Å². The molecule has 2 aliphatic carbocycles. The first-order chi connectivity index (χ1) is 34.7. The van der Waals surface area contributed by atoms with Crippen LogP contribution in [0.4, 0.5) is 9.59 Å². The average Bonchev–Trinajstić information content (AvgIpc) is 3.86. The van der Waals surface area contributed by atoms with Gasteiger partial charge < -0.3 is 51.4 Å². The van der Waals surface area contributed by atoms with Crippen LogP contribution in [-0.2, 0) is 74.2 Å². The maximum atomic E-state index is 12.8. The lowest BCUT2D eigenvalue weighted by atomic mass is 9.93. The number of carbonyl (C=O) groups excluding carboxylic acids is 6. The van der Waals surface area contributed by atoms with Gasteiger partial charge >= 0.3 is 30.1 Å². The number of nitrogens with two attached hydrogens (primary N) is 1. The smallest absolute Gasteiger partial charge is 0.407 e. The molecule has 0 aromatic heterocycles. The molecule has 4 amide bonds. The number of Topliss-reactive ketones (excluding diaryl/α,β-unsaturated/α-hetero) is 1. The van der Waals surface area contributed by atoms with Crippen LogP contribution in [0.1, 0.15) is 89.5 Å². The van der Waals surface area contributed by atoms with Crippen molar-refractivity contribution in [3.63, 3.8) is 0 Å². The molecule has 8 N–H and O–H groups in total. The average molecular weight is 1210 g/mol. The molecule has 432 valence electrons. The molecule has 4 atom stereocenters. The highest BCUT2D eigenvalue weighted by molar-refractivity contribution is 8.37. The maximum Gasteiger partial charge on any atom is 0.407 e. The molecule has 4 aromatic rings. The molecule has 0 unspecified atom stereocenters. The Kier molecular flexibility index (Phi) is 38.3. The monoisotopic (exact) mass is 1210 g/mol. The van der Waals surface area contributed by atoms with E-state index in [4.69, 9.17) is 25.4 Å². The van der Waals surface area contributed by atoms with Crippen LogP contribution in [0.25, 0.3) is 22.3 Å². The predicted molar refractivity (Wildman–Crippen MR) is 330 cm³/mol. The summed E-state index contributed by atoms with van der Waals surface area (Å²) in [5.74, 6) is -5.23. The second-order valence-corrected chi connectivity index (χ2v) is 19.3. The summed E-state index contributed by atoms with van der Waals surface area (Å²) in [6.45, 7) is 9.80. The number of fused-ring (bicyclic) bond motifs is 6. The molecule has 6 rings (SSSR count). The molecule has 18 nitrogen and oxygen atoms in total. The summed E-state index contributed by atoms with van der Waals surface area (Å²) in [5, 5.41) is 27.5. The lowest BCUT2D eigenvalue weighted by Crippen LogP contribution is -2.46. The lowest BCUT2D eigenvalue weighted by Gasteiger charge is -2.23. The molecule has 0 saturated heterocycles. The first-order valence-electron chi connectivity index (χ1n) is 23.2. The highest BCUT2D eigenvalue weighted by Crippen LogP contribution is 2.45. The zero-order valence-corrected chi connectivity index (χ0v) is 50.0. The Balaban J connectivity index is -0.00000113. The van der Waals surface area contributed by atoms with Crippen molar-refractivity contribution in [1.29, 1.82) is 0 Å². The molecule has 0 spiro atoms. The molecular weight excluding hydrogens is 1140 g/mol. The van der Waals surface area contributed by atoms with Gasteiger partial charge in [-0.05, 0) is 63.3 Å². The number of carboxylic acids is 2. The van der Waals surface area contributed by atoms with Crippen molar-refractivity contribution in [2.24, 2.45) is 23.5 Å². The maximum absolute atomic E-state index is 12.8. The van der Waals surface area contributed by atoms with E-state index in [1.54, 1.807) is 34.6 Å². The Morgan fingerprint density at radius 1 is 0.577 bits per heavy atom. The minimum atomic E-state index is -1.16. The largest absolute Gasteiger partial charge is 0.480 e. The van der Waals surface area contributed by atoms with Crippen molar-refractivity contribution >= 4 is 133 Å². The van der Waals surface area contributed by atoms with Gasteiger partial charge in [-0.1, -0.05) is 139 Å². The minimum absolute atomic E-state index is 0. The molecule has 0 fully saturated rings. The van der Waals surface area contributed by atoms with Gasteiger partial charge in [0.25, 0.3) is 0 Å². The Morgan fingerprint density at radius 3 is 1.22 bits per heavy atom. The van der Waals surface area contributed by atoms with E-state index >= 15 is 0 Å². The molecule has 4 aromatic carbocycles. The number of ketones is 1. The zero-order chi connectivity index (χ0) is 54.4. The highest BCUT2D eigenvalue weighted by atomic mass is 33.1. The number of esters is 1. The van der Waals surface area contributed by atoms with Crippen LogP contribution in [0.15, 0.2) is 97.1 Å². The Morgan fingerprint density at radius 2 is 0.910 bits per heavy atom. The summed E-state index contributed by atoms with van der Waals surface area (Å²) in [6.07, 6.45) is -1.53. The van der Waals surface area contributed by atoms with Crippen molar-refractivity contribution in [3.8, 4) is 22.3 Å². The molecule has 0 heterocycles. The van der Waals surface area contributed by atoms with Gasteiger partial charge in [-0.3, -0.25) is 24.0 Å². The third kappa shape index (κ3) is 23.4. The molecule has 0 radical (unpaired) electrons. The number of methoxy groups -OCH3 is 1. The molecule has 0 bridgehead atoms. The molecular formula is C53H75N5O13S7. The third-order valence-corrected chi connectivity index (χ3v) is 11.6. The molecule has 2 aliphatic rings. The quantitative estimate of drug-likeness (QED) is 0.0404. The number of rotatable bonds is 18. The number of benzene rings is 4. The van der Waals surface area contributed by atoms with Crippen molar-refractivity contribution in [1.82, 2.24) is 21.3 Å². The highest BCUT2D eigenvalue weighted by Gasteiger charge is 2.33. The van der Waals surface area contributed by atoms with Crippen LogP contribution >= 0.6 is 54.0 Å². The number of amides is 4. The molecule has 0 aliphatic heterocycles. The number of aliphatic carboxylic acids is 2. The number of ether oxygens (including phenoxy) is 3. The summed E-state index contributed by atoms with van der Waals surface area (Å²) in [4.78, 5) is 92.5. The van der Waals surface area contributed by atoms with Crippen LogP contribution < -0.4 is 27.0 Å². The number of hydrogen-bond donors (Lipinski definition) is 7. The van der Waals surface area contributed by atoms with Crippen LogP contribution in [0.5, 0.6) is 0 Å². The van der Waals surface area contributed by atoms with Gasteiger partial charge in [-0.15, -0.1) is 0 Å². The molecule has 78 heavy (non-hydrogen) atoms. The van der Waals surface area contributed by atoms with E-state index in [1.807, 2.05) is 72.8 Å². The van der Waals surface area contributed by atoms with Gasteiger partial charge in [0.2, 0.25) is 11.8 Å². The van der Waals surface area contributed by atoms with Gasteiger partial charge in [0.15, 0.2) is 5.78 Å². The van der Waals surface area contributed by atoms with E-state index in [0.29, 0.717) is 0 Å². The van der Waals surface area contributed by atoms with E-state index in [1.165, 1.54) is 14.0 Å². The SMILES string of the molecule is C.CC(C)[C@H](NC(=O)OCC1c2ccccc2-c2ccccc21)C(=O)C[C@@H](C)C(=O)NCC(=O)O.CC(C)[C@H](NC(=O)OCC1c2ccccc2-c2ccccc21)C(=O)O.COC(=O)CNC(=O)[C@H](C)N.S.S.S.S.S=S=S. The summed E-state index contributed by atoms with van der Waals surface area (Å²) in [6, 6.07) is 29.8. The van der Waals surface area contributed by atoms with Crippen LogP contribution in [0, 0.1) is 17.8 Å². The lowest BCUT2D eigenvalue weighted by molar-refractivity contribution is -0.141. The van der Waals surface area contributed by atoms with Gasteiger partial charge in [0, 0.05) is 55.4 Å². The van der Waals surface area contributed by atoms with E-state index < -0.39 is 66.6 Å². The fourth-order valence-electron chi connectivity index (χ4n) is 7.92. The second-order valence-electron chi connectivity index (χ2n) is 17.6. The van der Waals surface area contributed by atoms with Crippen molar-refractivity contribution in [2.45, 2.75) is 85.4 Å². The van der Waals surface area contributed by atoms with Crippen LogP contribution in [0.2, 0.25) is 0 Å². The van der Waals surface area contributed by atoms with Gasteiger partial charge in [-0.25, -0.2) is 14.4 Å². The number of nitrogens with one attached hydrogen (secondary N) is 4. The van der Waals surface area contributed by atoms with Crippen molar-refractivity contribution in [3.05, 3.63) is 119 Å². The fraction of sp³-hybridized carbons (Fsp3) is 0.396. The van der Waals surface area contributed by atoms with Gasteiger partial charge in [-0.2, -0.15) is 54.0 Å².